The van der Waals surface area contributed by atoms with Crippen LogP contribution in [0.5, 0.6) is 0 Å². The van der Waals surface area contributed by atoms with Gasteiger partial charge in [-0.1, -0.05) is 23.2 Å². The Bertz CT molecular complexity index is 661. The highest BCUT2D eigenvalue weighted by Crippen LogP contribution is 2.26. The van der Waals surface area contributed by atoms with Crippen LogP contribution in [0.25, 0.3) is 11.0 Å². The van der Waals surface area contributed by atoms with Crippen LogP contribution in [0.3, 0.4) is 0 Å². The third kappa shape index (κ3) is 2.52. The van der Waals surface area contributed by atoms with Crippen molar-refractivity contribution in [2.75, 3.05) is 14.2 Å². The van der Waals surface area contributed by atoms with Crippen molar-refractivity contribution in [1.29, 1.82) is 0 Å². The lowest BCUT2D eigenvalue weighted by Crippen LogP contribution is -2.09. The minimum Gasteiger partial charge on any atom is -0.465 e. The maximum absolute atomic E-state index is 11.8. The topological polar surface area (TPSA) is 78.4 Å². The molecule has 0 aliphatic carbocycles. The summed E-state index contributed by atoms with van der Waals surface area (Å²) in [6, 6.07) is 2.58. The molecule has 2 rings (SSSR count). The molecule has 2 aromatic heterocycles. The molecular formula is C12H8Cl2N2O4. The lowest BCUT2D eigenvalue weighted by Gasteiger charge is -2.09. The molecule has 0 aromatic carbocycles. The molecule has 2 aromatic rings. The zero-order chi connectivity index (χ0) is 14.9. The van der Waals surface area contributed by atoms with Crippen LogP contribution < -0.4 is 0 Å². The number of carbonyl (C=O) groups is 2. The third-order valence-corrected chi connectivity index (χ3v) is 2.91. The molecule has 0 atom stereocenters. The second kappa shape index (κ2) is 5.60. The first-order valence-electron chi connectivity index (χ1n) is 5.31. The predicted octanol–water partition coefficient (Wildman–Crippen LogP) is 2.51. The number of pyridine rings is 2. The van der Waals surface area contributed by atoms with Crippen LogP contribution in [0.4, 0.5) is 0 Å². The lowest BCUT2D eigenvalue weighted by atomic mass is 10.1. The fraction of sp³-hybridized carbons (Fsp3) is 0.167. The minimum absolute atomic E-state index is 0.0310. The minimum atomic E-state index is -0.673. The Morgan fingerprint density at radius 1 is 0.950 bits per heavy atom. The zero-order valence-electron chi connectivity index (χ0n) is 10.4. The summed E-state index contributed by atoms with van der Waals surface area (Å²) in [5.41, 5.74) is 0.185. The van der Waals surface area contributed by atoms with Crippen molar-refractivity contribution in [2.45, 2.75) is 0 Å². The van der Waals surface area contributed by atoms with Gasteiger partial charge in [0, 0.05) is 5.39 Å². The SMILES string of the molecule is COC(=O)c1cc(Cl)nc2nc(Cl)cc(C(=O)OC)c12. The van der Waals surface area contributed by atoms with Gasteiger partial charge in [0.25, 0.3) is 0 Å². The Balaban J connectivity index is 2.91. The van der Waals surface area contributed by atoms with Gasteiger partial charge in [-0.05, 0) is 12.1 Å². The van der Waals surface area contributed by atoms with Gasteiger partial charge >= 0.3 is 11.9 Å². The van der Waals surface area contributed by atoms with Gasteiger partial charge in [-0.25, -0.2) is 19.6 Å². The fourth-order valence-electron chi connectivity index (χ4n) is 1.71. The number of methoxy groups -OCH3 is 2. The number of ether oxygens (including phenoxy) is 2. The zero-order valence-corrected chi connectivity index (χ0v) is 11.9. The maximum Gasteiger partial charge on any atom is 0.338 e. The van der Waals surface area contributed by atoms with E-state index in [1.54, 1.807) is 0 Å². The molecule has 0 unspecified atom stereocenters. The number of halogens is 2. The molecule has 6 nitrogen and oxygen atoms in total. The number of aromatic nitrogens is 2. The molecule has 0 fully saturated rings. The molecule has 2 heterocycles. The summed E-state index contributed by atoms with van der Waals surface area (Å²) in [7, 11) is 2.42. The summed E-state index contributed by atoms with van der Waals surface area (Å²) in [4.78, 5) is 31.5. The van der Waals surface area contributed by atoms with Crippen molar-refractivity contribution in [3.63, 3.8) is 0 Å². The molecule has 0 aliphatic heterocycles. The Morgan fingerprint density at radius 3 is 1.70 bits per heavy atom. The van der Waals surface area contributed by atoms with Gasteiger partial charge in [0.05, 0.1) is 25.3 Å². The molecule has 20 heavy (non-hydrogen) atoms. The van der Waals surface area contributed by atoms with E-state index in [4.69, 9.17) is 23.2 Å². The lowest BCUT2D eigenvalue weighted by molar-refractivity contribution is 0.0601. The number of esters is 2. The van der Waals surface area contributed by atoms with Crippen LogP contribution in [0, 0.1) is 0 Å². The summed E-state index contributed by atoms with van der Waals surface area (Å²) in [5.74, 6) is -1.35. The number of carbonyl (C=O) groups excluding carboxylic acids is 2. The Hall–Kier alpha value is -1.92. The summed E-state index contributed by atoms with van der Waals surface area (Å²) < 4.78 is 9.32. The standard InChI is InChI=1S/C12H8Cl2N2O4/c1-19-11(17)5-3-7(13)15-10-9(5)6(12(18)20-2)4-8(14)16-10/h3-4H,1-2H3. The Labute approximate surface area is 123 Å². The van der Waals surface area contributed by atoms with Crippen LogP contribution in [0.2, 0.25) is 10.3 Å². The monoisotopic (exact) mass is 314 g/mol. The molecule has 0 saturated carbocycles. The first-order chi connectivity index (χ1) is 9.47. The third-order valence-electron chi connectivity index (χ3n) is 2.53. The van der Waals surface area contributed by atoms with Gasteiger partial charge in [-0.15, -0.1) is 0 Å². The van der Waals surface area contributed by atoms with Crippen LogP contribution in [0.1, 0.15) is 20.7 Å². The first kappa shape index (κ1) is 14.5. The summed E-state index contributed by atoms with van der Waals surface area (Å²) in [5, 5.41) is 0.240. The highest BCUT2D eigenvalue weighted by molar-refractivity contribution is 6.32. The first-order valence-corrected chi connectivity index (χ1v) is 6.07. The van der Waals surface area contributed by atoms with E-state index in [0.717, 1.165) is 0 Å². The second-order valence-corrected chi connectivity index (χ2v) is 4.44. The molecule has 0 bridgehead atoms. The normalized spacial score (nSPS) is 10.4. The van der Waals surface area contributed by atoms with Crippen molar-refractivity contribution in [3.8, 4) is 0 Å². The average Bonchev–Trinajstić information content (AvgIpc) is 2.43. The Morgan fingerprint density at radius 2 is 1.35 bits per heavy atom. The molecule has 8 heteroatoms. The molecule has 0 radical (unpaired) electrons. The van der Waals surface area contributed by atoms with Gasteiger partial charge in [0.1, 0.15) is 10.3 Å². The van der Waals surface area contributed by atoms with E-state index in [1.165, 1.54) is 26.4 Å². The van der Waals surface area contributed by atoms with E-state index in [9.17, 15) is 9.59 Å². The van der Waals surface area contributed by atoms with Crippen LogP contribution in [0.15, 0.2) is 12.1 Å². The maximum atomic E-state index is 11.8. The number of fused-ring (bicyclic) bond motifs is 1. The van der Waals surface area contributed by atoms with Gasteiger partial charge < -0.3 is 9.47 Å². The summed E-state index contributed by atoms with van der Waals surface area (Å²) in [6.45, 7) is 0. The molecular weight excluding hydrogens is 307 g/mol. The van der Waals surface area contributed by atoms with Gasteiger partial charge in [-0.3, -0.25) is 0 Å². The molecule has 0 saturated heterocycles. The summed E-state index contributed by atoms with van der Waals surface area (Å²) in [6.07, 6.45) is 0. The summed E-state index contributed by atoms with van der Waals surface area (Å²) >= 11 is 11.6. The van der Waals surface area contributed by atoms with Crippen LogP contribution in [-0.4, -0.2) is 36.1 Å². The van der Waals surface area contributed by atoms with E-state index in [1.807, 2.05) is 0 Å². The van der Waals surface area contributed by atoms with E-state index >= 15 is 0 Å². The highest BCUT2D eigenvalue weighted by atomic mass is 35.5. The second-order valence-electron chi connectivity index (χ2n) is 3.67. The smallest absolute Gasteiger partial charge is 0.338 e. The van der Waals surface area contributed by atoms with Crippen molar-refractivity contribution in [3.05, 3.63) is 33.6 Å². The predicted molar refractivity (Wildman–Crippen MR) is 72.2 cm³/mol. The number of hydrogen-bond donors (Lipinski definition) is 0. The van der Waals surface area contributed by atoms with E-state index in [0.29, 0.717) is 0 Å². The van der Waals surface area contributed by atoms with E-state index in [-0.39, 0.29) is 32.5 Å². The van der Waals surface area contributed by atoms with Gasteiger partial charge in [0.2, 0.25) is 0 Å². The van der Waals surface area contributed by atoms with Crippen molar-refractivity contribution < 1.29 is 19.1 Å². The van der Waals surface area contributed by atoms with Gasteiger partial charge in [0.15, 0.2) is 5.65 Å². The van der Waals surface area contributed by atoms with Crippen LogP contribution >= 0.6 is 23.2 Å². The van der Waals surface area contributed by atoms with E-state index in [2.05, 4.69) is 19.4 Å². The number of rotatable bonds is 2. The quantitative estimate of drug-likeness (QED) is 0.626. The largest absolute Gasteiger partial charge is 0.465 e. The molecule has 0 amide bonds. The van der Waals surface area contributed by atoms with E-state index < -0.39 is 11.9 Å². The highest BCUT2D eigenvalue weighted by Gasteiger charge is 2.21. The van der Waals surface area contributed by atoms with Crippen molar-refractivity contribution in [2.24, 2.45) is 0 Å². The molecule has 0 spiro atoms. The molecule has 0 aliphatic rings. The van der Waals surface area contributed by atoms with Crippen molar-refractivity contribution >= 4 is 46.2 Å². The molecule has 104 valence electrons. The van der Waals surface area contributed by atoms with Gasteiger partial charge in [-0.2, -0.15) is 0 Å². The molecule has 0 N–H and O–H groups in total. The fourth-order valence-corrected chi connectivity index (χ4v) is 2.09. The van der Waals surface area contributed by atoms with Crippen molar-refractivity contribution in [1.82, 2.24) is 9.97 Å². The Kier molecular flexibility index (Phi) is 4.06. The number of nitrogens with zero attached hydrogens (tertiary/aromatic N) is 2. The van der Waals surface area contributed by atoms with Crippen LogP contribution in [-0.2, 0) is 9.47 Å². The number of hydrogen-bond acceptors (Lipinski definition) is 6. The average molecular weight is 315 g/mol.